The van der Waals surface area contributed by atoms with Crippen LogP contribution in [-0.2, 0) is 16.5 Å². The molecule has 4 nitrogen and oxygen atoms in total. The van der Waals surface area contributed by atoms with Gasteiger partial charge in [-0.15, -0.1) is 0 Å². The molecule has 118 valence electrons. The highest BCUT2D eigenvalue weighted by Gasteiger charge is 2.43. The van der Waals surface area contributed by atoms with Gasteiger partial charge in [-0.2, -0.15) is 13.2 Å². The van der Waals surface area contributed by atoms with Crippen molar-refractivity contribution in [3.8, 4) is 0 Å². The van der Waals surface area contributed by atoms with Crippen LogP contribution in [0.5, 0.6) is 0 Å². The molecule has 0 radical (unpaired) electrons. The van der Waals surface area contributed by atoms with Gasteiger partial charge in [0.15, 0.2) is 0 Å². The van der Waals surface area contributed by atoms with Crippen molar-refractivity contribution in [1.82, 2.24) is 10.2 Å². The normalized spacial score (nSPS) is 15.0. The summed E-state index contributed by atoms with van der Waals surface area (Å²) >= 11 is 0. The van der Waals surface area contributed by atoms with Crippen molar-refractivity contribution in [3.63, 3.8) is 0 Å². The predicted octanol–water partition coefficient (Wildman–Crippen LogP) is 2.16. The Labute approximate surface area is 121 Å². The molecular formula is C14H19F3N2O2. The topological polar surface area (TPSA) is 52.6 Å². The van der Waals surface area contributed by atoms with Crippen LogP contribution in [0.2, 0.25) is 0 Å². The summed E-state index contributed by atoms with van der Waals surface area (Å²) in [5.74, 6) is -1.35. The van der Waals surface area contributed by atoms with E-state index in [4.69, 9.17) is 0 Å². The van der Waals surface area contributed by atoms with Gasteiger partial charge in [0.2, 0.25) is 0 Å². The van der Waals surface area contributed by atoms with Crippen molar-refractivity contribution in [3.05, 3.63) is 35.4 Å². The number of carbonyl (C=O) groups is 1. The molecule has 0 saturated carbocycles. The van der Waals surface area contributed by atoms with Gasteiger partial charge in [0.25, 0.3) is 0 Å². The molecule has 1 aromatic carbocycles. The lowest BCUT2D eigenvalue weighted by Gasteiger charge is -2.30. The molecule has 0 bridgehead atoms. The average Bonchev–Trinajstić information content (AvgIpc) is 2.36. The molecule has 0 aromatic heterocycles. The standard InChI is InChI=1S/C14H19F3N2O2/c1-13(12(20)21,18-8-9-19(2)3)10-6-4-5-7-11(10)14(15,16)17/h4-7,18H,8-9H2,1-3H3,(H,20,21). The molecule has 7 heteroatoms. The van der Waals surface area contributed by atoms with Gasteiger partial charge in [0.05, 0.1) is 5.56 Å². The predicted molar refractivity (Wildman–Crippen MR) is 73.0 cm³/mol. The van der Waals surface area contributed by atoms with Gasteiger partial charge in [0, 0.05) is 13.1 Å². The molecule has 0 aliphatic heterocycles. The lowest BCUT2D eigenvalue weighted by molar-refractivity contribution is -0.147. The van der Waals surface area contributed by atoms with Crippen molar-refractivity contribution in [2.75, 3.05) is 27.2 Å². The van der Waals surface area contributed by atoms with E-state index >= 15 is 0 Å². The monoisotopic (exact) mass is 304 g/mol. The fourth-order valence-corrected chi connectivity index (χ4v) is 1.98. The van der Waals surface area contributed by atoms with Crippen molar-refractivity contribution >= 4 is 5.97 Å². The summed E-state index contributed by atoms with van der Waals surface area (Å²) in [5.41, 5.74) is -3.03. The zero-order valence-corrected chi connectivity index (χ0v) is 12.2. The molecule has 0 aliphatic rings. The number of nitrogens with zero attached hydrogens (tertiary/aromatic N) is 1. The number of benzene rings is 1. The number of likely N-dealkylation sites (N-methyl/N-ethyl adjacent to an activating group) is 1. The Kier molecular flexibility index (Phi) is 5.36. The minimum Gasteiger partial charge on any atom is -0.480 e. The summed E-state index contributed by atoms with van der Waals surface area (Å²) in [6.07, 6.45) is -4.60. The van der Waals surface area contributed by atoms with Crippen LogP contribution in [0.3, 0.4) is 0 Å². The highest BCUT2D eigenvalue weighted by molar-refractivity contribution is 5.81. The van der Waals surface area contributed by atoms with Gasteiger partial charge in [-0.1, -0.05) is 18.2 Å². The molecule has 0 aliphatic carbocycles. The zero-order chi connectivity index (χ0) is 16.3. The van der Waals surface area contributed by atoms with E-state index in [0.717, 1.165) is 6.07 Å². The first-order chi connectivity index (χ1) is 9.59. The highest BCUT2D eigenvalue weighted by atomic mass is 19.4. The summed E-state index contributed by atoms with van der Waals surface area (Å²) in [7, 11) is 3.59. The van der Waals surface area contributed by atoms with E-state index in [0.29, 0.717) is 6.54 Å². The third-order valence-corrected chi connectivity index (χ3v) is 3.24. The number of hydrogen-bond acceptors (Lipinski definition) is 3. The maximum Gasteiger partial charge on any atom is 0.416 e. The largest absolute Gasteiger partial charge is 0.480 e. The van der Waals surface area contributed by atoms with Crippen LogP contribution in [0.4, 0.5) is 13.2 Å². The fraction of sp³-hybridized carbons (Fsp3) is 0.500. The lowest BCUT2D eigenvalue weighted by Crippen LogP contribution is -2.49. The van der Waals surface area contributed by atoms with Crippen LogP contribution in [0.25, 0.3) is 0 Å². The number of halogens is 3. The Morgan fingerprint density at radius 1 is 1.24 bits per heavy atom. The fourth-order valence-electron chi connectivity index (χ4n) is 1.98. The van der Waals surface area contributed by atoms with Crippen LogP contribution in [0.1, 0.15) is 18.1 Å². The van der Waals surface area contributed by atoms with E-state index in [1.807, 2.05) is 4.90 Å². The Balaban J connectivity index is 3.20. The van der Waals surface area contributed by atoms with Gasteiger partial charge in [0.1, 0.15) is 5.54 Å². The van der Waals surface area contributed by atoms with Crippen molar-refractivity contribution in [1.29, 1.82) is 0 Å². The molecule has 21 heavy (non-hydrogen) atoms. The smallest absolute Gasteiger partial charge is 0.416 e. The van der Waals surface area contributed by atoms with Crippen LogP contribution < -0.4 is 5.32 Å². The zero-order valence-electron chi connectivity index (χ0n) is 12.2. The van der Waals surface area contributed by atoms with E-state index in [-0.39, 0.29) is 12.1 Å². The number of nitrogens with one attached hydrogen (secondary N) is 1. The SMILES string of the molecule is CN(C)CCNC(C)(C(=O)O)c1ccccc1C(F)(F)F. The molecule has 0 heterocycles. The third kappa shape index (κ3) is 4.18. The van der Waals surface area contributed by atoms with Gasteiger partial charge >= 0.3 is 12.1 Å². The van der Waals surface area contributed by atoms with Crippen LogP contribution in [0.15, 0.2) is 24.3 Å². The van der Waals surface area contributed by atoms with E-state index < -0.39 is 23.2 Å². The average molecular weight is 304 g/mol. The minimum atomic E-state index is -4.60. The number of carboxylic acids is 1. The van der Waals surface area contributed by atoms with Gasteiger partial charge in [-0.3, -0.25) is 5.32 Å². The number of carboxylic acid groups (broad SMARTS) is 1. The van der Waals surface area contributed by atoms with Crippen molar-refractivity contribution in [2.45, 2.75) is 18.6 Å². The number of hydrogen-bond donors (Lipinski definition) is 2. The second kappa shape index (κ2) is 6.44. The molecule has 2 N–H and O–H groups in total. The summed E-state index contributed by atoms with van der Waals surface area (Å²) in [6.45, 7) is 2.01. The van der Waals surface area contributed by atoms with E-state index in [2.05, 4.69) is 5.32 Å². The Morgan fingerprint density at radius 2 is 1.76 bits per heavy atom. The Bertz CT molecular complexity index is 503. The minimum absolute atomic E-state index is 0.252. The van der Waals surface area contributed by atoms with Crippen molar-refractivity contribution in [2.24, 2.45) is 0 Å². The van der Waals surface area contributed by atoms with E-state index in [1.165, 1.54) is 25.1 Å². The van der Waals surface area contributed by atoms with Crippen molar-refractivity contribution < 1.29 is 23.1 Å². The van der Waals surface area contributed by atoms with Crippen LogP contribution in [-0.4, -0.2) is 43.2 Å². The summed E-state index contributed by atoms with van der Waals surface area (Å²) in [4.78, 5) is 13.3. The highest BCUT2D eigenvalue weighted by Crippen LogP contribution is 2.36. The van der Waals surface area contributed by atoms with Crippen LogP contribution >= 0.6 is 0 Å². The first-order valence-corrected chi connectivity index (χ1v) is 6.39. The van der Waals surface area contributed by atoms with Crippen LogP contribution in [0, 0.1) is 0 Å². The number of rotatable bonds is 6. The molecule has 1 unspecified atom stereocenters. The Hall–Kier alpha value is -1.60. The quantitative estimate of drug-likeness (QED) is 0.845. The van der Waals surface area contributed by atoms with E-state index in [9.17, 15) is 23.1 Å². The molecule has 0 fully saturated rings. The van der Waals surface area contributed by atoms with E-state index in [1.54, 1.807) is 14.1 Å². The third-order valence-electron chi connectivity index (χ3n) is 3.24. The summed E-state index contributed by atoms with van der Waals surface area (Å²) in [5, 5.41) is 12.1. The molecule has 0 amide bonds. The Morgan fingerprint density at radius 3 is 2.19 bits per heavy atom. The number of aliphatic carboxylic acids is 1. The first kappa shape index (κ1) is 17.5. The van der Waals surface area contributed by atoms with Gasteiger partial charge in [-0.05, 0) is 32.6 Å². The second-order valence-corrected chi connectivity index (χ2v) is 5.20. The van der Waals surface area contributed by atoms with Gasteiger partial charge in [-0.25, -0.2) is 4.79 Å². The molecule has 1 aromatic rings. The van der Waals surface area contributed by atoms with Gasteiger partial charge < -0.3 is 10.0 Å². The summed E-state index contributed by atoms with van der Waals surface area (Å²) in [6, 6.07) is 4.73. The number of alkyl halides is 3. The molecule has 1 rings (SSSR count). The molecule has 1 atom stereocenters. The maximum atomic E-state index is 13.1. The second-order valence-electron chi connectivity index (χ2n) is 5.20. The maximum absolute atomic E-state index is 13.1. The summed E-state index contributed by atoms with van der Waals surface area (Å²) < 4.78 is 39.2. The molecular weight excluding hydrogens is 285 g/mol. The lowest BCUT2D eigenvalue weighted by atomic mass is 9.87. The molecule has 0 saturated heterocycles. The molecule has 0 spiro atoms. The first-order valence-electron chi connectivity index (χ1n) is 6.39.